The first-order valence-electron chi connectivity index (χ1n) is 6.86. The Morgan fingerprint density at radius 3 is 2.75 bits per heavy atom. The highest BCUT2D eigenvalue weighted by Crippen LogP contribution is 2.14. The van der Waals surface area contributed by atoms with Gasteiger partial charge in [0.05, 0.1) is 0 Å². The number of rotatable bonds is 9. The molecule has 1 heterocycles. The van der Waals surface area contributed by atoms with Gasteiger partial charge in [-0.2, -0.15) is 13.2 Å². The van der Waals surface area contributed by atoms with E-state index < -0.39 is 12.8 Å². The molecule has 1 aromatic heterocycles. The molecule has 0 spiro atoms. The monoisotopic (exact) mass is 292 g/mol. The molecular formula is C14H23F3N2O. The summed E-state index contributed by atoms with van der Waals surface area (Å²) >= 11 is 0. The molecule has 0 atom stereocenters. The molecule has 0 aliphatic carbocycles. The average molecular weight is 292 g/mol. The van der Waals surface area contributed by atoms with Crippen molar-refractivity contribution in [3.8, 4) is 0 Å². The van der Waals surface area contributed by atoms with Gasteiger partial charge in [0.25, 0.3) is 0 Å². The summed E-state index contributed by atoms with van der Waals surface area (Å²) in [6.07, 6.45) is 0.291. The fourth-order valence-corrected chi connectivity index (χ4v) is 1.78. The van der Waals surface area contributed by atoms with Gasteiger partial charge >= 0.3 is 6.18 Å². The van der Waals surface area contributed by atoms with Crippen molar-refractivity contribution in [2.45, 2.75) is 39.5 Å². The largest absolute Gasteiger partial charge is 0.411 e. The van der Waals surface area contributed by atoms with Gasteiger partial charge in [-0.3, -0.25) is 0 Å². The summed E-state index contributed by atoms with van der Waals surface area (Å²) in [6, 6.07) is 2.02. The van der Waals surface area contributed by atoms with Crippen molar-refractivity contribution in [2.24, 2.45) is 5.92 Å². The number of halogens is 3. The van der Waals surface area contributed by atoms with Crippen LogP contribution in [-0.4, -0.2) is 30.5 Å². The van der Waals surface area contributed by atoms with E-state index in [1.54, 1.807) is 0 Å². The summed E-state index contributed by atoms with van der Waals surface area (Å²) in [4.78, 5) is 0. The molecule has 116 valence electrons. The van der Waals surface area contributed by atoms with E-state index in [9.17, 15) is 13.2 Å². The molecule has 1 N–H and O–H groups in total. The van der Waals surface area contributed by atoms with Crippen molar-refractivity contribution >= 4 is 0 Å². The third-order valence-electron chi connectivity index (χ3n) is 2.66. The molecule has 0 fully saturated rings. The van der Waals surface area contributed by atoms with Crippen LogP contribution in [0.15, 0.2) is 18.5 Å². The van der Waals surface area contributed by atoms with Crippen molar-refractivity contribution in [3.63, 3.8) is 0 Å². The number of alkyl halides is 3. The SMILES string of the molecule is CC(C)CNCc1ccn(CCCOCC(F)(F)F)c1. The Morgan fingerprint density at radius 2 is 2.10 bits per heavy atom. The molecule has 0 radical (unpaired) electrons. The summed E-state index contributed by atoms with van der Waals surface area (Å²) in [5.41, 5.74) is 1.18. The van der Waals surface area contributed by atoms with Gasteiger partial charge in [0.2, 0.25) is 0 Å². The molecule has 6 heteroatoms. The van der Waals surface area contributed by atoms with Crippen molar-refractivity contribution in [1.82, 2.24) is 9.88 Å². The van der Waals surface area contributed by atoms with Gasteiger partial charge in [-0.1, -0.05) is 13.8 Å². The molecule has 0 saturated heterocycles. The van der Waals surface area contributed by atoms with Crippen molar-refractivity contribution in [1.29, 1.82) is 0 Å². The minimum atomic E-state index is -4.23. The van der Waals surface area contributed by atoms with E-state index in [-0.39, 0.29) is 6.61 Å². The lowest BCUT2D eigenvalue weighted by atomic mass is 10.2. The summed E-state index contributed by atoms with van der Waals surface area (Å²) in [5.74, 6) is 0.614. The number of aryl methyl sites for hydroxylation is 1. The van der Waals surface area contributed by atoms with Gasteiger partial charge in [0, 0.05) is 32.1 Å². The van der Waals surface area contributed by atoms with E-state index in [0.717, 1.165) is 13.1 Å². The molecule has 3 nitrogen and oxygen atoms in total. The molecule has 1 rings (SSSR count). The summed E-state index contributed by atoms with van der Waals surface area (Å²) < 4.78 is 42.1. The van der Waals surface area contributed by atoms with Gasteiger partial charge < -0.3 is 14.6 Å². The zero-order valence-corrected chi connectivity index (χ0v) is 12.0. The van der Waals surface area contributed by atoms with Crippen LogP contribution in [0.4, 0.5) is 13.2 Å². The zero-order chi connectivity index (χ0) is 15.0. The van der Waals surface area contributed by atoms with E-state index in [2.05, 4.69) is 23.9 Å². The smallest absolute Gasteiger partial charge is 0.372 e. The van der Waals surface area contributed by atoms with Crippen molar-refractivity contribution in [2.75, 3.05) is 19.8 Å². The lowest BCUT2D eigenvalue weighted by Gasteiger charge is -2.08. The number of hydrogen-bond donors (Lipinski definition) is 1. The summed E-state index contributed by atoms with van der Waals surface area (Å²) in [6.45, 7) is 5.72. The third kappa shape index (κ3) is 8.22. The van der Waals surface area contributed by atoms with Crippen LogP contribution in [0.3, 0.4) is 0 Å². The van der Waals surface area contributed by atoms with Crippen LogP contribution in [0.25, 0.3) is 0 Å². The molecule has 0 amide bonds. The Balaban J connectivity index is 2.14. The van der Waals surface area contributed by atoms with E-state index >= 15 is 0 Å². The fraction of sp³-hybridized carbons (Fsp3) is 0.714. The van der Waals surface area contributed by atoms with E-state index in [1.165, 1.54) is 5.56 Å². The Hall–Kier alpha value is -1.01. The molecule has 20 heavy (non-hydrogen) atoms. The topological polar surface area (TPSA) is 26.2 Å². The Kier molecular flexibility index (Phi) is 7.09. The van der Waals surface area contributed by atoms with Crippen LogP contribution in [-0.2, 0) is 17.8 Å². The zero-order valence-electron chi connectivity index (χ0n) is 12.0. The van der Waals surface area contributed by atoms with E-state index in [0.29, 0.717) is 18.9 Å². The second kappa shape index (κ2) is 8.32. The number of ether oxygens (including phenoxy) is 1. The minimum Gasteiger partial charge on any atom is -0.372 e. The molecular weight excluding hydrogens is 269 g/mol. The first-order chi connectivity index (χ1) is 9.37. The van der Waals surface area contributed by atoms with Gasteiger partial charge in [0.15, 0.2) is 0 Å². The maximum Gasteiger partial charge on any atom is 0.411 e. The molecule has 0 unspecified atom stereocenters. The summed E-state index contributed by atoms with van der Waals surface area (Å²) in [7, 11) is 0. The first-order valence-corrected chi connectivity index (χ1v) is 6.86. The predicted octanol–water partition coefficient (Wildman–Crippen LogP) is 3.20. The Labute approximate surface area is 118 Å². The number of nitrogens with one attached hydrogen (secondary N) is 1. The molecule has 0 saturated carbocycles. The van der Waals surface area contributed by atoms with Crippen LogP contribution < -0.4 is 5.32 Å². The van der Waals surface area contributed by atoms with Gasteiger partial charge in [-0.15, -0.1) is 0 Å². The molecule has 0 aromatic carbocycles. The predicted molar refractivity (Wildman–Crippen MR) is 72.5 cm³/mol. The number of aromatic nitrogens is 1. The standard InChI is InChI=1S/C14H23F3N2O/c1-12(2)8-18-9-13-4-6-19(10-13)5-3-7-20-11-14(15,16)17/h4,6,10,12,18H,3,5,7-9,11H2,1-2H3. The fourth-order valence-electron chi connectivity index (χ4n) is 1.78. The number of nitrogens with zero attached hydrogens (tertiary/aromatic N) is 1. The first kappa shape index (κ1) is 17.0. The minimum absolute atomic E-state index is 0.124. The van der Waals surface area contributed by atoms with Crippen LogP contribution >= 0.6 is 0 Å². The van der Waals surface area contributed by atoms with Crippen molar-refractivity contribution in [3.05, 3.63) is 24.0 Å². The number of hydrogen-bond acceptors (Lipinski definition) is 2. The van der Waals surface area contributed by atoms with Gasteiger partial charge in [-0.05, 0) is 30.5 Å². The maximum atomic E-state index is 11.8. The third-order valence-corrected chi connectivity index (χ3v) is 2.66. The second-order valence-electron chi connectivity index (χ2n) is 5.30. The lowest BCUT2D eigenvalue weighted by molar-refractivity contribution is -0.174. The van der Waals surface area contributed by atoms with Crippen LogP contribution in [0, 0.1) is 5.92 Å². The highest BCUT2D eigenvalue weighted by Gasteiger charge is 2.27. The van der Waals surface area contributed by atoms with Crippen LogP contribution in [0.2, 0.25) is 0 Å². The van der Waals surface area contributed by atoms with E-state index in [4.69, 9.17) is 0 Å². The highest BCUT2D eigenvalue weighted by molar-refractivity contribution is 5.09. The Morgan fingerprint density at radius 1 is 1.35 bits per heavy atom. The quantitative estimate of drug-likeness (QED) is 0.707. The highest BCUT2D eigenvalue weighted by atomic mass is 19.4. The van der Waals surface area contributed by atoms with Gasteiger partial charge in [0.1, 0.15) is 6.61 Å². The Bertz CT molecular complexity index is 375. The molecule has 1 aromatic rings. The van der Waals surface area contributed by atoms with Crippen LogP contribution in [0.1, 0.15) is 25.8 Å². The van der Waals surface area contributed by atoms with E-state index in [1.807, 2.05) is 23.0 Å². The molecule has 0 aliphatic heterocycles. The maximum absolute atomic E-state index is 11.8. The lowest BCUT2D eigenvalue weighted by Crippen LogP contribution is -2.18. The van der Waals surface area contributed by atoms with Crippen LogP contribution in [0.5, 0.6) is 0 Å². The molecule has 0 aliphatic rings. The normalized spacial score (nSPS) is 12.3. The van der Waals surface area contributed by atoms with Gasteiger partial charge in [-0.25, -0.2) is 0 Å². The summed E-state index contributed by atoms with van der Waals surface area (Å²) in [5, 5.41) is 3.34. The van der Waals surface area contributed by atoms with Crippen molar-refractivity contribution < 1.29 is 17.9 Å². The second-order valence-corrected chi connectivity index (χ2v) is 5.30. The molecule has 0 bridgehead atoms. The average Bonchev–Trinajstić information content (AvgIpc) is 2.74.